The minimum Gasteiger partial charge on any atom is -0.508 e. The van der Waals surface area contributed by atoms with E-state index in [0.717, 1.165) is 4.90 Å². The molecule has 0 bridgehead atoms. The van der Waals surface area contributed by atoms with E-state index < -0.39 is 24.6 Å². The largest absolute Gasteiger partial charge is 0.508 e. The molecule has 156 valence electrons. The zero-order chi connectivity index (χ0) is 22.0. The Balaban J connectivity index is 1.71. The number of rotatable bonds is 5. The smallest absolute Gasteiger partial charge is 0.323 e. The van der Waals surface area contributed by atoms with E-state index in [1.54, 1.807) is 60.7 Å². The van der Waals surface area contributed by atoms with Gasteiger partial charge in [0.25, 0.3) is 5.91 Å². The summed E-state index contributed by atoms with van der Waals surface area (Å²) in [5.74, 6) is -1.72. The Morgan fingerprint density at radius 1 is 1.03 bits per heavy atom. The van der Waals surface area contributed by atoms with Crippen LogP contribution in [0.2, 0.25) is 5.02 Å². The van der Waals surface area contributed by atoms with E-state index in [1.807, 2.05) is 0 Å². The van der Waals surface area contributed by atoms with Crippen LogP contribution < -0.4 is 5.32 Å². The van der Waals surface area contributed by atoms with E-state index in [-0.39, 0.29) is 5.75 Å². The summed E-state index contributed by atoms with van der Waals surface area (Å²) in [6.45, 7) is -0.541. The Kier molecular flexibility index (Phi) is 5.55. The van der Waals surface area contributed by atoms with E-state index in [4.69, 9.17) is 11.6 Å². The number of phenolic OH excluding ortho intramolecular Hbond substituents is 1. The average Bonchev–Trinajstić information content (AvgIpc) is 2.76. The van der Waals surface area contributed by atoms with Gasteiger partial charge in [-0.1, -0.05) is 23.7 Å². The lowest BCUT2D eigenvalue weighted by Crippen LogP contribution is -2.45. The summed E-state index contributed by atoms with van der Waals surface area (Å²) in [7, 11) is 0. The Labute approximate surface area is 182 Å². The van der Waals surface area contributed by atoms with E-state index in [0.29, 0.717) is 33.2 Å². The minimum atomic E-state index is -1.17. The monoisotopic (exact) mass is 436 g/mol. The van der Waals surface area contributed by atoms with Gasteiger partial charge in [-0.3, -0.25) is 9.59 Å². The summed E-state index contributed by atoms with van der Waals surface area (Å²) in [6.07, 6.45) is -0.899. The highest BCUT2D eigenvalue weighted by Crippen LogP contribution is 2.38. The van der Waals surface area contributed by atoms with Gasteiger partial charge in [0, 0.05) is 16.3 Å². The van der Waals surface area contributed by atoms with Crippen LogP contribution in [-0.2, 0) is 4.79 Å². The second-order valence-electron chi connectivity index (χ2n) is 6.84. The molecule has 0 saturated heterocycles. The third-order valence-corrected chi connectivity index (χ3v) is 4.99. The number of carbonyl (C=O) groups is 2. The number of hydrogen-bond acceptors (Lipinski definition) is 6. The van der Waals surface area contributed by atoms with Crippen molar-refractivity contribution in [1.82, 2.24) is 4.90 Å². The number of aromatic hydroxyl groups is 1. The van der Waals surface area contributed by atoms with Crippen molar-refractivity contribution in [2.45, 2.75) is 6.17 Å². The summed E-state index contributed by atoms with van der Waals surface area (Å²) >= 11 is 5.87. The zero-order valence-corrected chi connectivity index (χ0v) is 16.8. The van der Waals surface area contributed by atoms with Crippen molar-refractivity contribution in [2.75, 3.05) is 11.9 Å². The molecule has 31 heavy (non-hydrogen) atoms. The van der Waals surface area contributed by atoms with E-state index >= 15 is 0 Å². The SMILES string of the molecule is O=C(O)CN1C(=O)c2ccccc2NC1c1cc(N=Nc2ccc(Cl)cc2)ccc1O. The van der Waals surface area contributed by atoms with Crippen molar-refractivity contribution in [3.05, 3.63) is 82.9 Å². The Morgan fingerprint density at radius 2 is 1.71 bits per heavy atom. The van der Waals surface area contributed by atoms with Crippen molar-refractivity contribution >= 4 is 40.5 Å². The highest BCUT2D eigenvalue weighted by atomic mass is 35.5. The molecule has 8 nitrogen and oxygen atoms in total. The first-order chi connectivity index (χ1) is 14.9. The number of amides is 1. The molecule has 3 aromatic carbocycles. The number of hydrogen-bond donors (Lipinski definition) is 3. The second kappa shape index (κ2) is 8.45. The number of nitrogens with one attached hydrogen (secondary N) is 1. The van der Waals surface area contributed by atoms with Crippen LogP contribution in [0.5, 0.6) is 5.75 Å². The molecule has 1 amide bonds. The van der Waals surface area contributed by atoms with Gasteiger partial charge in [-0.15, -0.1) is 0 Å². The fourth-order valence-electron chi connectivity index (χ4n) is 3.29. The second-order valence-corrected chi connectivity index (χ2v) is 7.28. The number of aliphatic carboxylic acids is 1. The molecule has 1 aliphatic heterocycles. The van der Waals surface area contributed by atoms with Crippen molar-refractivity contribution in [3.8, 4) is 5.75 Å². The first kappa shape index (κ1) is 20.4. The van der Waals surface area contributed by atoms with Gasteiger partial charge in [-0.05, 0) is 54.6 Å². The van der Waals surface area contributed by atoms with Crippen LogP contribution in [0.1, 0.15) is 22.1 Å². The van der Waals surface area contributed by atoms with Crippen molar-refractivity contribution in [2.24, 2.45) is 10.2 Å². The number of carbonyl (C=O) groups excluding carboxylic acids is 1. The fraction of sp³-hybridized carbons (Fsp3) is 0.0909. The molecule has 0 saturated carbocycles. The molecule has 0 aliphatic carbocycles. The maximum atomic E-state index is 13.0. The van der Waals surface area contributed by atoms with Crippen molar-refractivity contribution in [1.29, 1.82) is 0 Å². The van der Waals surface area contributed by atoms with E-state index in [2.05, 4.69) is 15.5 Å². The molecule has 1 aliphatic rings. The molecule has 0 radical (unpaired) electrons. The van der Waals surface area contributed by atoms with Crippen LogP contribution in [0.25, 0.3) is 0 Å². The fourth-order valence-corrected chi connectivity index (χ4v) is 3.42. The number of anilines is 1. The van der Waals surface area contributed by atoms with Crippen LogP contribution in [0.4, 0.5) is 17.1 Å². The molecule has 1 unspecified atom stereocenters. The lowest BCUT2D eigenvalue weighted by Gasteiger charge is -2.37. The molecule has 0 fully saturated rings. The molecule has 1 atom stereocenters. The number of fused-ring (bicyclic) bond motifs is 1. The molecule has 4 rings (SSSR count). The molecule has 3 aromatic rings. The lowest BCUT2D eigenvalue weighted by molar-refractivity contribution is -0.138. The third kappa shape index (κ3) is 4.34. The predicted molar refractivity (Wildman–Crippen MR) is 115 cm³/mol. The number of para-hydroxylation sites is 1. The molecule has 3 N–H and O–H groups in total. The third-order valence-electron chi connectivity index (χ3n) is 4.74. The minimum absolute atomic E-state index is 0.106. The van der Waals surface area contributed by atoms with Crippen LogP contribution in [0, 0.1) is 0 Å². The summed E-state index contributed by atoms with van der Waals surface area (Å²) in [5, 5.41) is 31.8. The highest BCUT2D eigenvalue weighted by Gasteiger charge is 2.35. The first-order valence-corrected chi connectivity index (χ1v) is 9.69. The molecule has 0 aromatic heterocycles. The molecule has 9 heteroatoms. The van der Waals surface area contributed by atoms with Crippen LogP contribution in [0.15, 0.2) is 77.0 Å². The van der Waals surface area contributed by atoms with Crippen molar-refractivity contribution in [3.63, 3.8) is 0 Å². The van der Waals surface area contributed by atoms with Gasteiger partial charge >= 0.3 is 5.97 Å². The zero-order valence-electron chi connectivity index (χ0n) is 16.1. The topological polar surface area (TPSA) is 115 Å². The number of carboxylic acid groups (broad SMARTS) is 1. The number of carboxylic acids is 1. The van der Waals surface area contributed by atoms with Crippen LogP contribution >= 0.6 is 11.6 Å². The number of halogens is 1. The molecule has 1 heterocycles. The average molecular weight is 437 g/mol. The molecule has 0 spiro atoms. The van der Waals surface area contributed by atoms with Crippen LogP contribution in [0.3, 0.4) is 0 Å². The highest BCUT2D eigenvalue weighted by molar-refractivity contribution is 6.30. The summed E-state index contributed by atoms with van der Waals surface area (Å²) in [4.78, 5) is 25.5. The number of nitrogens with zero attached hydrogens (tertiary/aromatic N) is 3. The Morgan fingerprint density at radius 3 is 2.45 bits per heavy atom. The van der Waals surface area contributed by atoms with E-state index in [1.165, 1.54) is 6.07 Å². The summed E-state index contributed by atoms with van der Waals surface area (Å²) in [6, 6.07) is 18.2. The van der Waals surface area contributed by atoms with Gasteiger partial charge < -0.3 is 20.4 Å². The van der Waals surface area contributed by atoms with E-state index in [9.17, 15) is 19.8 Å². The van der Waals surface area contributed by atoms with Gasteiger partial charge in [0.15, 0.2) is 0 Å². The summed E-state index contributed by atoms with van der Waals surface area (Å²) in [5.41, 5.74) is 2.22. The van der Waals surface area contributed by atoms with Gasteiger partial charge in [0.05, 0.1) is 16.9 Å². The Bertz CT molecular complexity index is 1180. The predicted octanol–water partition coefficient (Wildman–Crippen LogP) is 5.11. The van der Waals surface area contributed by atoms with Crippen molar-refractivity contribution < 1.29 is 19.8 Å². The van der Waals surface area contributed by atoms with Gasteiger partial charge in [0.2, 0.25) is 0 Å². The maximum Gasteiger partial charge on any atom is 0.323 e. The first-order valence-electron chi connectivity index (χ1n) is 9.31. The quantitative estimate of drug-likeness (QED) is 0.480. The molecular weight excluding hydrogens is 420 g/mol. The van der Waals surface area contributed by atoms with Gasteiger partial charge in [-0.25, -0.2) is 0 Å². The number of benzene rings is 3. The normalized spacial score (nSPS) is 15.6. The summed E-state index contributed by atoms with van der Waals surface area (Å²) < 4.78 is 0. The molecular formula is C22H17ClN4O4. The van der Waals surface area contributed by atoms with Gasteiger partial charge in [-0.2, -0.15) is 10.2 Å². The number of phenols is 1. The van der Waals surface area contributed by atoms with Gasteiger partial charge in [0.1, 0.15) is 18.5 Å². The van der Waals surface area contributed by atoms with Crippen LogP contribution in [-0.4, -0.2) is 33.5 Å². The maximum absolute atomic E-state index is 13.0. The Hall–Kier alpha value is -3.91. The lowest BCUT2D eigenvalue weighted by atomic mass is 10.0. The standard InChI is InChI=1S/C22H17ClN4O4/c23-13-5-7-14(8-6-13)25-26-15-9-10-19(28)17(11-15)21-24-18-4-2-1-3-16(18)22(31)27(21)12-20(29)30/h1-11,21,24,28H,12H2,(H,29,30). The number of azo groups is 1.